The highest BCUT2D eigenvalue weighted by atomic mass is 32.1. The Morgan fingerprint density at radius 1 is 1.50 bits per heavy atom. The third-order valence-electron chi connectivity index (χ3n) is 4.89. The molecule has 2 aromatic rings. The minimum Gasteiger partial charge on any atom is -0.468 e. The fourth-order valence-electron chi connectivity index (χ4n) is 3.82. The number of hydrogen-bond donors (Lipinski definition) is 0. The lowest BCUT2D eigenvalue weighted by atomic mass is 9.89. The lowest BCUT2D eigenvalue weighted by Crippen LogP contribution is -2.47. The number of hydrogen-bond acceptors (Lipinski definition) is 6. The molecule has 0 saturated carbocycles. The van der Waals surface area contributed by atoms with Crippen molar-refractivity contribution in [2.45, 2.75) is 51.0 Å². The van der Waals surface area contributed by atoms with E-state index in [1.54, 1.807) is 17.6 Å². The predicted molar refractivity (Wildman–Crippen MR) is 91.9 cm³/mol. The van der Waals surface area contributed by atoms with Gasteiger partial charge in [0.2, 0.25) is 0 Å². The molecule has 2 fully saturated rings. The number of aromatic nitrogens is 1. The maximum atomic E-state index is 6.22. The number of aryl methyl sites for hydroxylation is 1. The summed E-state index contributed by atoms with van der Waals surface area (Å²) in [6, 6.07) is 3.99. The van der Waals surface area contributed by atoms with Gasteiger partial charge < -0.3 is 13.9 Å². The highest BCUT2D eigenvalue weighted by molar-refractivity contribution is 7.09. The van der Waals surface area contributed by atoms with E-state index in [1.165, 1.54) is 6.42 Å². The molecule has 0 N–H and O–H groups in total. The maximum absolute atomic E-state index is 6.22. The molecule has 2 aliphatic heterocycles. The molecule has 2 aromatic heterocycles. The number of nitrogens with zero attached hydrogens (tertiary/aromatic N) is 2. The van der Waals surface area contributed by atoms with Gasteiger partial charge in [-0.05, 0) is 38.4 Å². The molecule has 1 spiro atoms. The standard InChI is InChI=1S/C18H24N2O3S/c1-14-19-15(12-24-14)10-22-17-8-18(23-11-17)5-3-6-20(13-18)9-16-4-2-7-21-16/h2,4,7,12,17H,3,5-6,8-11,13H2,1H3/t17-,18+/m1/s1. The number of ether oxygens (including phenoxy) is 2. The summed E-state index contributed by atoms with van der Waals surface area (Å²) in [5.74, 6) is 1.02. The molecule has 24 heavy (non-hydrogen) atoms. The van der Waals surface area contributed by atoms with Crippen molar-refractivity contribution < 1.29 is 13.9 Å². The van der Waals surface area contributed by atoms with E-state index in [-0.39, 0.29) is 11.7 Å². The van der Waals surface area contributed by atoms with Crippen LogP contribution in [0.15, 0.2) is 28.2 Å². The monoisotopic (exact) mass is 348 g/mol. The first-order valence-electron chi connectivity index (χ1n) is 8.62. The van der Waals surface area contributed by atoms with E-state index in [0.717, 1.165) is 48.9 Å². The second kappa shape index (κ2) is 6.96. The van der Waals surface area contributed by atoms with Gasteiger partial charge in [-0.3, -0.25) is 4.90 Å². The van der Waals surface area contributed by atoms with E-state index in [2.05, 4.69) is 15.3 Å². The molecular formula is C18H24N2O3S. The molecular weight excluding hydrogens is 324 g/mol. The Kier molecular flexibility index (Phi) is 4.72. The Morgan fingerprint density at radius 3 is 3.25 bits per heavy atom. The molecule has 2 saturated heterocycles. The Labute approximate surface area is 146 Å². The SMILES string of the molecule is Cc1nc(CO[C@H]2CO[C@@]3(CCCN(Cc4ccco4)C3)C2)cs1. The molecule has 0 amide bonds. The number of thiazole rings is 1. The fourth-order valence-corrected chi connectivity index (χ4v) is 4.42. The van der Waals surface area contributed by atoms with Crippen molar-refractivity contribution in [3.8, 4) is 0 Å². The molecule has 5 nitrogen and oxygen atoms in total. The van der Waals surface area contributed by atoms with Gasteiger partial charge >= 0.3 is 0 Å². The summed E-state index contributed by atoms with van der Waals surface area (Å²) in [4.78, 5) is 6.90. The zero-order valence-electron chi connectivity index (χ0n) is 14.1. The molecule has 0 aliphatic carbocycles. The Balaban J connectivity index is 1.30. The maximum Gasteiger partial charge on any atom is 0.117 e. The number of rotatable bonds is 5. The van der Waals surface area contributed by atoms with E-state index < -0.39 is 0 Å². The molecule has 0 radical (unpaired) electrons. The summed E-state index contributed by atoms with van der Waals surface area (Å²) in [7, 11) is 0. The third kappa shape index (κ3) is 3.72. The Hall–Kier alpha value is -1.21. The zero-order valence-corrected chi connectivity index (χ0v) is 14.9. The Bertz CT molecular complexity index is 657. The van der Waals surface area contributed by atoms with Gasteiger partial charge in [-0.2, -0.15) is 0 Å². The molecule has 0 unspecified atom stereocenters. The van der Waals surface area contributed by atoms with Crippen molar-refractivity contribution in [3.63, 3.8) is 0 Å². The summed E-state index contributed by atoms with van der Waals surface area (Å²) in [6.45, 7) is 6.24. The summed E-state index contributed by atoms with van der Waals surface area (Å²) in [6.07, 6.45) is 5.18. The lowest BCUT2D eigenvalue weighted by molar-refractivity contribution is -0.0559. The second-order valence-corrected chi connectivity index (χ2v) is 7.94. The second-order valence-electron chi connectivity index (χ2n) is 6.88. The molecule has 2 aliphatic rings. The van der Waals surface area contributed by atoms with Crippen LogP contribution in [-0.4, -0.2) is 41.3 Å². The number of likely N-dealkylation sites (tertiary alicyclic amines) is 1. The first-order valence-corrected chi connectivity index (χ1v) is 9.50. The van der Waals surface area contributed by atoms with Crippen LogP contribution in [-0.2, 0) is 22.6 Å². The van der Waals surface area contributed by atoms with Gasteiger partial charge in [0.05, 0.1) is 48.4 Å². The molecule has 2 atom stereocenters. The van der Waals surface area contributed by atoms with Gasteiger partial charge in [0.1, 0.15) is 5.76 Å². The van der Waals surface area contributed by atoms with Gasteiger partial charge in [-0.15, -0.1) is 11.3 Å². The van der Waals surface area contributed by atoms with Gasteiger partial charge in [0.15, 0.2) is 0 Å². The van der Waals surface area contributed by atoms with E-state index in [4.69, 9.17) is 13.9 Å². The van der Waals surface area contributed by atoms with Crippen LogP contribution >= 0.6 is 11.3 Å². The van der Waals surface area contributed by atoms with Gasteiger partial charge in [0, 0.05) is 18.3 Å². The molecule has 6 heteroatoms. The van der Waals surface area contributed by atoms with Crippen LogP contribution in [0.5, 0.6) is 0 Å². The van der Waals surface area contributed by atoms with Gasteiger partial charge in [-0.1, -0.05) is 0 Å². The third-order valence-corrected chi connectivity index (χ3v) is 5.71. The highest BCUT2D eigenvalue weighted by Crippen LogP contribution is 2.36. The fraction of sp³-hybridized carbons (Fsp3) is 0.611. The van der Waals surface area contributed by atoms with Crippen LogP contribution in [0.4, 0.5) is 0 Å². The summed E-state index contributed by atoms with van der Waals surface area (Å²) >= 11 is 1.67. The van der Waals surface area contributed by atoms with Crippen molar-refractivity contribution in [2.24, 2.45) is 0 Å². The van der Waals surface area contributed by atoms with Crippen molar-refractivity contribution >= 4 is 11.3 Å². The van der Waals surface area contributed by atoms with E-state index in [9.17, 15) is 0 Å². The molecule has 0 bridgehead atoms. The van der Waals surface area contributed by atoms with Crippen LogP contribution in [0, 0.1) is 6.92 Å². The summed E-state index contributed by atoms with van der Waals surface area (Å²) in [5.41, 5.74) is 0.981. The molecule has 0 aromatic carbocycles. The first-order chi connectivity index (χ1) is 11.7. The number of piperidine rings is 1. The van der Waals surface area contributed by atoms with Crippen LogP contribution in [0.1, 0.15) is 35.7 Å². The zero-order chi connectivity index (χ0) is 16.4. The molecule has 4 heterocycles. The molecule has 4 rings (SSSR count). The normalized spacial score (nSPS) is 28.0. The quantitative estimate of drug-likeness (QED) is 0.829. The predicted octanol–water partition coefficient (Wildman–Crippen LogP) is 3.38. The van der Waals surface area contributed by atoms with Crippen molar-refractivity contribution in [2.75, 3.05) is 19.7 Å². The van der Waals surface area contributed by atoms with Crippen LogP contribution in [0.3, 0.4) is 0 Å². The van der Waals surface area contributed by atoms with Crippen molar-refractivity contribution in [1.29, 1.82) is 0 Å². The summed E-state index contributed by atoms with van der Waals surface area (Å²) in [5, 5.41) is 3.17. The van der Waals surface area contributed by atoms with Crippen molar-refractivity contribution in [3.05, 3.63) is 40.2 Å². The first kappa shape index (κ1) is 16.3. The molecule has 130 valence electrons. The van der Waals surface area contributed by atoms with Crippen LogP contribution in [0.2, 0.25) is 0 Å². The summed E-state index contributed by atoms with van der Waals surface area (Å²) < 4.78 is 17.8. The average Bonchev–Trinajstić information content (AvgIpc) is 3.29. The smallest absolute Gasteiger partial charge is 0.117 e. The topological polar surface area (TPSA) is 47.7 Å². The Morgan fingerprint density at radius 2 is 2.46 bits per heavy atom. The number of furan rings is 1. The van der Waals surface area contributed by atoms with Crippen molar-refractivity contribution in [1.82, 2.24) is 9.88 Å². The van der Waals surface area contributed by atoms with Crippen LogP contribution < -0.4 is 0 Å². The highest BCUT2D eigenvalue weighted by Gasteiger charge is 2.44. The van der Waals surface area contributed by atoms with Crippen LogP contribution in [0.25, 0.3) is 0 Å². The minimum absolute atomic E-state index is 0.0481. The minimum atomic E-state index is -0.0481. The lowest BCUT2D eigenvalue weighted by Gasteiger charge is -2.39. The van der Waals surface area contributed by atoms with E-state index >= 15 is 0 Å². The largest absolute Gasteiger partial charge is 0.468 e. The average molecular weight is 348 g/mol. The van der Waals surface area contributed by atoms with Gasteiger partial charge in [0.25, 0.3) is 0 Å². The van der Waals surface area contributed by atoms with E-state index in [0.29, 0.717) is 13.2 Å². The van der Waals surface area contributed by atoms with E-state index in [1.807, 2.05) is 19.1 Å². The van der Waals surface area contributed by atoms with Gasteiger partial charge in [-0.25, -0.2) is 4.98 Å².